The lowest BCUT2D eigenvalue weighted by molar-refractivity contribution is -0.384. The van der Waals surface area contributed by atoms with E-state index in [4.69, 9.17) is 9.47 Å². The van der Waals surface area contributed by atoms with Gasteiger partial charge in [-0.25, -0.2) is 0 Å². The Hall–Kier alpha value is -4.62. The van der Waals surface area contributed by atoms with Gasteiger partial charge in [-0.3, -0.25) is 19.8 Å². The van der Waals surface area contributed by atoms with E-state index in [0.29, 0.717) is 49.2 Å². The number of aromatic nitrogens is 1. The van der Waals surface area contributed by atoms with Crippen molar-refractivity contribution in [3.8, 4) is 11.5 Å². The van der Waals surface area contributed by atoms with Crippen LogP contribution in [0.15, 0.2) is 72.9 Å². The molecule has 3 aromatic carbocycles. The molecule has 5 atom stereocenters. The maximum absolute atomic E-state index is 15.1. The van der Waals surface area contributed by atoms with Gasteiger partial charge in [0.25, 0.3) is 5.69 Å². The highest BCUT2D eigenvalue weighted by atomic mass is 19.4. The fourth-order valence-corrected chi connectivity index (χ4v) is 7.54. The number of nitro benzene ring substituents is 1. The monoisotopic (exact) mass is 681 g/mol. The summed E-state index contributed by atoms with van der Waals surface area (Å²) in [5, 5.41) is 33.0. The number of aliphatic carboxylic acids is 1. The number of ether oxygens (including phenoxy) is 2. The van der Waals surface area contributed by atoms with Crippen LogP contribution in [-0.4, -0.2) is 68.6 Å². The van der Waals surface area contributed by atoms with E-state index in [1.807, 2.05) is 18.2 Å². The summed E-state index contributed by atoms with van der Waals surface area (Å²) in [5.74, 6) is -0.832. The number of halogens is 3. The second kappa shape index (κ2) is 13.4. The Bertz CT molecular complexity index is 1830. The Morgan fingerprint density at radius 1 is 1.04 bits per heavy atom. The van der Waals surface area contributed by atoms with Gasteiger partial charge in [0.1, 0.15) is 6.10 Å². The summed E-state index contributed by atoms with van der Waals surface area (Å²) in [4.78, 5) is 24.4. The van der Waals surface area contributed by atoms with Crippen molar-refractivity contribution in [2.24, 2.45) is 0 Å². The first-order valence-corrected chi connectivity index (χ1v) is 16.3. The Morgan fingerprint density at radius 2 is 1.73 bits per heavy atom. The fourth-order valence-electron chi connectivity index (χ4n) is 7.54. The first-order chi connectivity index (χ1) is 23.3. The molecular weight excluding hydrogens is 643 g/mol. The minimum Gasteiger partial charge on any atom is -0.493 e. The molecule has 4 aromatic rings. The number of hydrogen-bond donors (Lipinski definition) is 2. The van der Waals surface area contributed by atoms with Gasteiger partial charge in [-0.05, 0) is 61.4 Å². The summed E-state index contributed by atoms with van der Waals surface area (Å²) in [6, 6.07) is 17.1. The van der Waals surface area contributed by atoms with Crippen LogP contribution in [0.25, 0.3) is 10.9 Å². The fraction of sp³-hybridized carbons (Fsp3) is 0.417. The molecule has 2 aliphatic rings. The Labute approximate surface area is 280 Å². The molecule has 2 N–H and O–H groups in total. The Kier molecular flexibility index (Phi) is 9.34. The standard InChI is InChI=1S/C36H38F3N3O7/c1-3-28(34(43)44)23-9-14-32(33(15-23)48-2)49-27-16-24-10-11-25(17-27)41(24)21-35(45,36(37,38)39)30-20-40(19-22-7-5-4-6-8-22)31-18-26(42(46)47)12-13-29(30)31/h4-9,12-15,18,20,24-25,27-28,45H,3,10-11,16-17,19,21H2,1-2H3,(H,43,44)/t24-,25+,27?,28?,35?. The number of non-ortho nitro benzene ring substituents is 1. The number of piperidine rings is 1. The SMILES string of the molecule is CCC(C(=O)O)c1ccc(OC2C[C@H]3CC[C@@H](C2)N3CC(O)(c2cn(Cc3ccccc3)c3cc([N+](=O)[O-])ccc23)C(F)(F)F)c(OC)c1. The maximum Gasteiger partial charge on any atom is 0.422 e. The van der Waals surface area contributed by atoms with Crippen molar-refractivity contribution in [2.45, 2.75) is 81.5 Å². The third kappa shape index (κ3) is 6.56. The van der Waals surface area contributed by atoms with Gasteiger partial charge < -0.3 is 24.3 Å². The quantitative estimate of drug-likeness (QED) is 0.121. The molecule has 2 saturated heterocycles. The van der Waals surface area contributed by atoms with Crippen molar-refractivity contribution in [3.63, 3.8) is 0 Å². The van der Waals surface area contributed by atoms with Gasteiger partial charge >= 0.3 is 12.1 Å². The molecule has 0 aliphatic carbocycles. The van der Waals surface area contributed by atoms with Crippen molar-refractivity contribution in [2.75, 3.05) is 13.7 Å². The van der Waals surface area contributed by atoms with E-state index in [-0.39, 0.29) is 46.9 Å². The molecule has 0 saturated carbocycles. The summed E-state index contributed by atoms with van der Waals surface area (Å²) in [6.07, 6.45) is -1.61. The van der Waals surface area contributed by atoms with Gasteiger partial charge in [0.15, 0.2) is 11.5 Å². The number of alkyl halides is 3. The highest BCUT2D eigenvalue weighted by Gasteiger charge is 2.59. The maximum atomic E-state index is 15.1. The first kappa shape index (κ1) is 34.3. The smallest absolute Gasteiger partial charge is 0.422 e. The van der Waals surface area contributed by atoms with Crippen LogP contribution in [-0.2, 0) is 16.9 Å². The zero-order chi connectivity index (χ0) is 35.1. The topological polar surface area (TPSA) is 127 Å². The molecule has 3 unspecified atom stereocenters. The van der Waals surface area contributed by atoms with Crippen LogP contribution in [0.3, 0.4) is 0 Å². The van der Waals surface area contributed by atoms with E-state index < -0.39 is 35.1 Å². The predicted molar refractivity (Wildman–Crippen MR) is 175 cm³/mol. The number of carboxylic acids is 1. The van der Waals surface area contributed by atoms with Gasteiger partial charge in [0, 0.05) is 54.5 Å². The Morgan fingerprint density at radius 3 is 2.33 bits per heavy atom. The molecule has 0 spiro atoms. The van der Waals surface area contributed by atoms with Crippen LogP contribution >= 0.6 is 0 Å². The minimum atomic E-state index is -5.06. The van der Waals surface area contributed by atoms with Gasteiger partial charge in [-0.2, -0.15) is 13.2 Å². The van der Waals surface area contributed by atoms with E-state index in [9.17, 15) is 25.1 Å². The number of fused-ring (bicyclic) bond motifs is 3. The molecule has 13 heteroatoms. The first-order valence-electron chi connectivity index (χ1n) is 16.3. The molecule has 2 bridgehead atoms. The lowest BCUT2D eigenvalue weighted by Gasteiger charge is -2.43. The average molecular weight is 682 g/mol. The number of rotatable bonds is 12. The highest BCUT2D eigenvalue weighted by Crippen LogP contribution is 2.47. The third-order valence-corrected chi connectivity index (χ3v) is 10.0. The molecule has 2 aliphatic heterocycles. The normalized spacial score (nSPS) is 21.3. The lowest BCUT2D eigenvalue weighted by atomic mass is 9.89. The summed E-state index contributed by atoms with van der Waals surface area (Å²) in [5.41, 5.74) is -2.29. The number of methoxy groups -OCH3 is 1. The molecule has 49 heavy (non-hydrogen) atoms. The molecule has 1 aromatic heterocycles. The van der Waals surface area contributed by atoms with Crippen LogP contribution in [0.4, 0.5) is 18.9 Å². The van der Waals surface area contributed by atoms with Crippen LogP contribution in [0, 0.1) is 10.1 Å². The number of nitrogens with zero attached hydrogens (tertiary/aromatic N) is 3. The Balaban J connectivity index is 1.28. The minimum absolute atomic E-state index is 0.0932. The molecule has 2 fully saturated rings. The van der Waals surface area contributed by atoms with E-state index in [1.54, 1.807) is 42.2 Å². The molecule has 0 radical (unpaired) electrons. The molecule has 260 valence electrons. The van der Waals surface area contributed by atoms with E-state index in [2.05, 4.69) is 0 Å². The van der Waals surface area contributed by atoms with E-state index >= 15 is 13.2 Å². The molecule has 3 heterocycles. The summed E-state index contributed by atoms with van der Waals surface area (Å²) in [6.45, 7) is 1.24. The number of aliphatic hydroxyl groups is 1. The van der Waals surface area contributed by atoms with Crippen LogP contribution in [0.1, 0.15) is 61.6 Å². The van der Waals surface area contributed by atoms with Gasteiger partial charge in [-0.15, -0.1) is 0 Å². The zero-order valence-electron chi connectivity index (χ0n) is 27.1. The van der Waals surface area contributed by atoms with E-state index in [1.165, 1.54) is 30.0 Å². The summed E-state index contributed by atoms with van der Waals surface area (Å²) >= 11 is 0. The largest absolute Gasteiger partial charge is 0.493 e. The second-order valence-electron chi connectivity index (χ2n) is 13.0. The number of carbonyl (C=O) groups is 1. The van der Waals surface area contributed by atoms with Gasteiger partial charge in [0.2, 0.25) is 5.60 Å². The third-order valence-electron chi connectivity index (χ3n) is 10.0. The van der Waals surface area contributed by atoms with Crippen molar-refractivity contribution in [1.29, 1.82) is 0 Å². The molecular formula is C36H38F3N3O7. The molecule has 10 nitrogen and oxygen atoms in total. The highest BCUT2D eigenvalue weighted by molar-refractivity contribution is 5.87. The van der Waals surface area contributed by atoms with Crippen LogP contribution in [0.5, 0.6) is 11.5 Å². The summed E-state index contributed by atoms with van der Waals surface area (Å²) < 4.78 is 58.8. The van der Waals surface area contributed by atoms with Crippen LogP contribution < -0.4 is 9.47 Å². The van der Waals surface area contributed by atoms with Crippen molar-refractivity contribution >= 4 is 22.6 Å². The van der Waals surface area contributed by atoms with Crippen molar-refractivity contribution in [1.82, 2.24) is 9.47 Å². The second-order valence-corrected chi connectivity index (χ2v) is 13.0. The lowest BCUT2D eigenvalue weighted by Crippen LogP contribution is -2.56. The van der Waals surface area contributed by atoms with Crippen molar-refractivity contribution < 1.29 is 42.6 Å². The number of nitro groups is 1. The van der Waals surface area contributed by atoms with E-state index in [0.717, 1.165) is 11.6 Å². The number of benzene rings is 3. The number of hydrogen-bond acceptors (Lipinski definition) is 7. The van der Waals surface area contributed by atoms with Gasteiger partial charge in [-0.1, -0.05) is 43.3 Å². The van der Waals surface area contributed by atoms with Crippen molar-refractivity contribution in [3.05, 3.63) is 99.7 Å². The predicted octanol–water partition coefficient (Wildman–Crippen LogP) is 7.01. The zero-order valence-corrected chi connectivity index (χ0v) is 27.1. The number of carboxylic acid groups (broad SMARTS) is 1. The van der Waals surface area contributed by atoms with Crippen LogP contribution in [0.2, 0.25) is 0 Å². The summed E-state index contributed by atoms with van der Waals surface area (Å²) in [7, 11) is 1.47. The molecule has 6 rings (SSSR count). The molecule has 0 amide bonds. The average Bonchev–Trinajstić information content (AvgIpc) is 3.53. The van der Waals surface area contributed by atoms with Gasteiger partial charge in [0.05, 0.1) is 23.5 Å².